The smallest absolute Gasteiger partial charge is 0.273 e. The van der Waals surface area contributed by atoms with Crippen LogP contribution in [0.15, 0.2) is 71.8 Å². The van der Waals surface area contributed by atoms with E-state index in [-0.39, 0.29) is 17.3 Å². The minimum atomic E-state index is -0.479. The summed E-state index contributed by atoms with van der Waals surface area (Å²) in [5, 5.41) is 6.85. The third-order valence-corrected chi connectivity index (χ3v) is 8.43. The SMILES string of the molecule is O=C(Nc1ccc(I)cc1C(=O)N/N=C/c1cccc(F)c1)c1cccc(CN2CCC(N3CCCCC3)CC2)c1. The molecule has 2 fully saturated rings. The lowest BCUT2D eigenvalue weighted by Crippen LogP contribution is -2.46. The predicted molar refractivity (Wildman–Crippen MR) is 169 cm³/mol. The van der Waals surface area contributed by atoms with E-state index in [1.807, 2.05) is 18.2 Å². The standard InChI is InChI=1S/C32H35FIN5O2/c33-26-9-5-6-23(19-26)21-35-37-32(41)29-20-27(34)10-11-30(29)36-31(40)25-8-4-7-24(18-25)22-38-16-12-28(13-17-38)39-14-2-1-3-15-39/h4-11,18-21,28H,1-3,12-17,22H2,(H,36,40)(H,37,41)/b35-21+. The molecule has 2 heterocycles. The number of carbonyl (C=O) groups is 2. The quantitative estimate of drug-likeness (QED) is 0.178. The van der Waals surface area contributed by atoms with Gasteiger partial charge in [0.25, 0.3) is 11.8 Å². The molecular formula is C32H35FIN5O2. The van der Waals surface area contributed by atoms with E-state index in [0.717, 1.165) is 28.8 Å². The van der Waals surface area contributed by atoms with Gasteiger partial charge in [-0.3, -0.25) is 14.5 Å². The summed E-state index contributed by atoms with van der Waals surface area (Å²) >= 11 is 2.12. The summed E-state index contributed by atoms with van der Waals surface area (Å²) in [5.41, 5.74) is 5.31. The number of nitrogens with zero attached hydrogens (tertiary/aromatic N) is 3. The second-order valence-corrected chi connectivity index (χ2v) is 11.9. The van der Waals surface area contributed by atoms with Crippen LogP contribution in [0.2, 0.25) is 0 Å². The number of halogens is 2. The first-order chi connectivity index (χ1) is 19.9. The van der Waals surface area contributed by atoms with E-state index in [1.54, 1.807) is 30.3 Å². The van der Waals surface area contributed by atoms with Crippen LogP contribution < -0.4 is 10.7 Å². The maximum Gasteiger partial charge on any atom is 0.273 e. The van der Waals surface area contributed by atoms with Gasteiger partial charge >= 0.3 is 0 Å². The molecule has 5 rings (SSSR count). The topological polar surface area (TPSA) is 77.0 Å². The Morgan fingerprint density at radius 2 is 1.71 bits per heavy atom. The highest BCUT2D eigenvalue weighted by Crippen LogP contribution is 2.23. The molecule has 41 heavy (non-hydrogen) atoms. The van der Waals surface area contributed by atoms with Crippen molar-refractivity contribution in [3.05, 3.63) is 98.4 Å². The number of anilines is 1. The van der Waals surface area contributed by atoms with Gasteiger partial charge in [0, 0.05) is 21.7 Å². The maximum absolute atomic E-state index is 13.4. The molecule has 2 aliphatic rings. The summed E-state index contributed by atoms with van der Waals surface area (Å²) in [6.45, 7) is 5.44. The van der Waals surface area contributed by atoms with Gasteiger partial charge in [-0.2, -0.15) is 5.10 Å². The summed E-state index contributed by atoms with van der Waals surface area (Å²) in [5.74, 6) is -1.15. The van der Waals surface area contributed by atoms with E-state index < -0.39 is 5.91 Å². The Morgan fingerprint density at radius 1 is 0.927 bits per heavy atom. The molecule has 2 amide bonds. The van der Waals surface area contributed by atoms with Crippen LogP contribution in [-0.2, 0) is 6.54 Å². The average Bonchev–Trinajstić information content (AvgIpc) is 2.99. The number of benzene rings is 3. The van der Waals surface area contributed by atoms with Crippen molar-refractivity contribution in [2.75, 3.05) is 31.5 Å². The van der Waals surface area contributed by atoms with E-state index >= 15 is 0 Å². The first-order valence-corrected chi connectivity index (χ1v) is 15.3. The Morgan fingerprint density at radius 3 is 2.49 bits per heavy atom. The van der Waals surface area contributed by atoms with Crippen molar-refractivity contribution in [2.45, 2.75) is 44.7 Å². The number of hydrogen-bond donors (Lipinski definition) is 2. The largest absolute Gasteiger partial charge is 0.321 e. The maximum atomic E-state index is 13.4. The molecule has 0 saturated carbocycles. The van der Waals surface area contributed by atoms with E-state index in [1.165, 1.54) is 63.5 Å². The van der Waals surface area contributed by atoms with Gasteiger partial charge in [-0.1, -0.05) is 30.7 Å². The first kappa shape index (κ1) is 29.3. The number of nitrogens with one attached hydrogen (secondary N) is 2. The molecule has 3 aromatic rings. The molecule has 2 saturated heterocycles. The highest BCUT2D eigenvalue weighted by molar-refractivity contribution is 14.1. The van der Waals surface area contributed by atoms with Crippen molar-refractivity contribution in [3.8, 4) is 0 Å². The molecule has 0 aromatic heterocycles. The number of piperidine rings is 2. The average molecular weight is 668 g/mol. The van der Waals surface area contributed by atoms with Gasteiger partial charge in [-0.25, -0.2) is 9.82 Å². The third kappa shape index (κ3) is 8.21. The minimum Gasteiger partial charge on any atom is -0.321 e. The number of rotatable bonds is 8. The second kappa shape index (κ2) is 14.2. The lowest BCUT2D eigenvalue weighted by Gasteiger charge is -2.40. The number of amides is 2. The molecule has 7 nitrogen and oxygen atoms in total. The molecule has 0 radical (unpaired) electrons. The summed E-state index contributed by atoms with van der Waals surface area (Å²) in [6, 6.07) is 19.5. The van der Waals surface area contributed by atoms with Crippen LogP contribution in [0.4, 0.5) is 10.1 Å². The Hall–Kier alpha value is -3.15. The highest BCUT2D eigenvalue weighted by Gasteiger charge is 2.25. The summed E-state index contributed by atoms with van der Waals surface area (Å²) in [4.78, 5) is 31.3. The molecule has 0 aliphatic carbocycles. The lowest BCUT2D eigenvalue weighted by atomic mass is 9.99. The van der Waals surface area contributed by atoms with Crippen LogP contribution in [0.1, 0.15) is 63.9 Å². The summed E-state index contributed by atoms with van der Waals surface area (Å²) < 4.78 is 14.2. The van der Waals surface area contributed by atoms with Crippen molar-refractivity contribution in [2.24, 2.45) is 5.10 Å². The second-order valence-electron chi connectivity index (χ2n) is 10.7. The van der Waals surface area contributed by atoms with E-state index in [4.69, 9.17) is 0 Å². The fourth-order valence-corrected chi connectivity index (χ4v) is 6.11. The summed E-state index contributed by atoms with van der Waals surface area (Å²) in [6.07, 6.45) is 7.79. The fraction of sp³-hybridized carbons (Fsp3) is 0.344. The van der Waals surface area contributed by atoms with Gasteiger partial charge in [-0.05, 0) is 128 Å². The van der Waals surface area contributed by atoms with Crippen LogP contribution in [0.25, 0.3) is 0 Å². The molecule has 214 valence electrons. The van der Waals surface area contributed by atoms with Crippen molar-refractivity contribution in [3.63, 3.8) is 0 Å². The van der Waals surface area contributed by atoms with Crippen molar-refractivity contribution < 1.29 is 14.0 Å². The normalized spacial score (nSPS) is 17.0. The van der Waals surface area contributed by atoms with Crippen molar-refractivity contribution in [1.82, 2.24) is 15.2 Å². The Balaban J connectivity index is 1.19. The molecule has 0 bridgehead atoms. The molecule has 9 heteroatoms. The molecule has 2 N–H and O–H groups in total. The van der Waals surface area contributed by atoms with Gasteiger partial charge in [-0.15, -0.1) is 0 Å². The van der Waals surface area contributed by atoms with Crippen LogP contribution in [0.5, 0.6) is 0 Å². The lowest BCUT2D eigenvalue weighted by molar-refractivity contribution is 0.0896. The van der Waals surface area contributed by atoms with Gasteiger partial charge < -0.3 is 10.2 Å². The van der Waals surface area contributed by atoms with Crippen LogP contribution >= 0.6 is 22.6 Å². The van der Waals surface area contributed by atoms with E-state index in [2.05, 4.69) is 54.3 Å². The third-order valence-electron chi connectivity index (χ3n) is 7.76. The highest BCUT2D eigenvalue weighted by atomic mass is 127. The monoisotopic (exact) mass is 667 g/mol. The Bertz CT molecular complexity index is 1400. The van der Waals surface area contributed by atoms with Crippen LogP contribution in [0, 0.1) is 9.39 Å². The van der Waals surface area contributed by atoms with Gasteiger partial charge in [0.05, 0.1) is 17.5 Å². The van der Waals surface area contributed by atoms with Gasteiger partial charge in [0.15, 0.2) is 0 Å². The van der Waals surface area contributed by atoms with Gasteiger partial charge in [0.2, 0.25) is 0 Å². The van der Waals surface area contributed by atoms with Crippen LogP contribution in [0.3, 0.4) is 0 Å². The fourth-order valence-electron chi connectivity index (χ4n) is 5.62. The molecule has 0 spiro atoms. The molecular weight excluding hydrogens is 632 g/mol. The number of hydrazone groups is 1. The number of likely N-dealkylation sites (tertiary alicyclic amines) is 2. The minimum absolute atomic E-state index is 0.283. The Kier molecular flexibility index (Phi) is 10.1. The van der Waals surface area contributed by atoms with E-state index in [0.29, 0.717) is 22.9 Å². The first-order valence-electron chi connectivity index (χ1n) is 14.2. The summed E-state index contributed by atoms with van der Waals surface area (Å²) in [7, 11) is 0. The molecule has 3 aromatic carbocycles. The van der Waals surface area contributed by atoms with Gasteiger partial charge in [0.1, 0.15) is 5.82 Å². The van der Waals surface area contributed by atoms with Crippen LogP contribution in [-0.4, -0.2) is 60.0 Å². The number of hydrogen-bond acceptors (Lipinski definition) is 5. The van der Waals surface area contributed by atoms with Crippen molar-refractivity contribution >= 4 is 46.3 Å². The van der Waals surface area contributed by atoms with Crippen molar-refractivity contribution in [1.29, 1.82) is 0 Å². The predicted octanol–water partition coefficient (Wildman–Crippen LogP) is 5.90. The zero-order valence-corrected chi connectivity index (χ0v) is 25.1. The molecule has 2 aliphatic heterocycles. The zero-order valence-electron chi connectivity index (χ0n) is 23.0. The molecule has 0 atom stereocenters. The van der Waals surface area contributed by atoms with E-state index in [9.17, 15) is 14.0 Å². The molecule has 0 unspecified atom stereocenters. The zero-order chi connectivity index (χ0) is 28.6. The Labute approximate surface area is 254 Å². The number of carbonyl (C=O) groups excluding carboxylic acids is 2.